The molecular weight excluding hydrogens is 348 g/mol. The Hall–Kier alpha value is -2.27. The Morgan fingerprint density at radius 3 is 2.46 bits per heavy atom. The molecule has 0 saturated heterocycles. The maximum absolute atomic E-state index is 5.81. The minimum absolute atomic E-state index is 0.180. The quantitative estimate of drug-likeness (QED) is 0.419. The summed E-state index contributed by atoms with van der Waals surface area (Å²) in [5.74, 6) is 1.69. The molecule has 140 valence electrons. The monoisotopic (exact) mass is 374 g/mol. The highest BCUT2D eigenvalue weighted by atomic mass is 35.5. The molecule has 2 N–H and O–H groups in total. The summed E-state index contributed by atoms with van der Waals surface area (Å²) in [6.45, 7) is 8.29. The van der Waals surface area contributed by atoms with Crippen molar-refractivity contribution < 1.29 is 4.74 Å². The summed E-state index contributed by atoms with van der Waals surface area (Å²) in [5, 5.41) is 7.12. The van der Waals surface area contributed by atoms with Crippen molar-refractivity contribution >= 4 is 17.6 Å². The van der Waals surface area contributed by atoms with Gasteiger partial charge in [0.2, 0.25) is 0 Å². The number of aliphatic imine (C=N–C) groups is 1. The van der Waals surface area contributed by atoms with Gasteiger partial charge in [0.15, 0.2) is 5.96 Å². The molecule has 0 aliphatic rings. The van der Waals surface area contributed by atoms with Crippen LogP contribution in [-0.2, 0) is 13.0 Å². The Kier molecular flexibility index (Phi) is 8.22. The molecule has 0 atom stereocenters. The van der Waals surface area contributed by atoms with Crippen molar-refractivity contribution in [3.05, 3.63) is 58.9 Å². The van der Waals surface area contributed by atoms with E-state index >= 15 is 0 Å². The van der Waals surface area contributed by atoms with E-state index in [4.69, 9.17) is 16.3 Å². The minimum Gasteiger partial charge on any atom is -0.491 e. The van der Waals surface area contributed by atoms with E-state index in [0.29, 0.717) is 11.7 Å². The van der Waals surface area contributed by atoms with E-state index in [0.717, 1.165) is 42.3 Å². The summed E-state index contributed by atoms with van der Waals surface area (Å²) in [7, 11) is 0. The molecule has 2 aromatic rings. The summed E-state index contributed by atoms with van der Waals surface area (Å²) >= 11 is 5.81. The van der Waals surface area contributed by atoms with Gasteiger partial charge in [0.05, 0.1) is 12.6 Å². The first kappa shape index (κ1) is 20.0. The van der Waals surface area contributed by atoms with Crippen molar-refractivity contribution in [3.8, 4) is 5.75 Å². The van der Waals surface area contributed by atoms with Crippen LogP contribution in [0.1, 0.15) is 31.9 Å². The van der Waals surface area contributed by atoms with E-state index < -0.39 is 0 Å². The second-order valence-electron chi connectivity index (χ2n) is 6.17. The number of halogens is 1. The smallest absolute Gasteiger partial charge is 0.191 e. The van der Waals surface area contributed by atoms with Crippen LogP contribution in [0, 0.1) is 0 Å². The number of pyridine rings is 1. The van der Waals surface area contributed by atoms with Gasteiger partial charge in [-0.2, -0.15) is 0 Å². The van der Waals surface area contributed by atoms with Gasteiger partial charge in [0.1, 0.15) is 10.9 Å². The number of hydrogen-bond acceptors (Lipinski definition) is 3. The van der Waals surface area contributed by atoms with Crippen LogP contribution >= 0.6 is 11.6 Å². The van der Waals surface area contributed by atoms with Gasteiger partial charge in [-0.1, -0.05) is 29.8 Å². The first-order valence-electron chi connectivity index (χ1n) is 8.95. The molecule has 0 radical (unpaired) electrons. The predicted octanol–water partition coefficient (Wildman–Crippen LogP) is 3.82. The molecule has 0 bridgehead atoms. The molecule has 1 aromatic heterocycles. The van der Waals surface area contributed by atoms with E-state index in [2.05, 4.69) is 27.5 Å². The third-order valence-corrected chi connectivity index (χ3v) is 3.78. The number of aromatic nitrogens is 1. The van der Waals surface area contributed by atoms with Crippen molar-refractivity contribution in [3.63, 3.8) is 0 Å². The molecule has 1 aromatic carbocycles. The van der Waals surface area contributed by atoms with Crippen LogP contribution in [0.15, 0.2) is 47.6 Å². The molecule has 2 rings (SSSR count). The number of nitrogens with zero attached hydrogens (tertiary/aromatic N) is 2. The van der Waals surface area contributed by atoms with E-state index in [1.54, 1.807) is 6.20 Å². The fourth-order valence-electron chi connectivity index (χ4n) is 2.34. The maximum atomic E-state index is 5.81. The number of ether oxygens (including phenoxy) is 1. The van der Waals surface area contributed by atoms with E-state index in [-0.39, 0.29) is 6.10 Å². The van der Waals surface area contributed by atoms with Crippen molar-refractivity contribution in [1.82, 2.24) is 15.6 Å². The van der Waals surface area contributed by atoms with Crippen molar-refractivity contribution in [2.24, 2.45) is 4.99 Å². The Labute approximate surface area is 160 Å². The molecule has 0 saturated carbocycles. The molecule has 0 aliphatic carbocycles. The molecule has 1 heterocycles. The summed E-state index contributed by atoms with van der Waals surface area (Å²) in [6, 6.07) is 11.9. The summed E-state index contributed by atoms with van der Waals surface area (Å²) in [6.07, 6.45) is 2.84. The Morgan fingerprint density at radius 1 is 1.12 bits per heavy atom. The van der Waals surface area contributed by atoms with Gasteiger partial charge in [-0.3, -0.25) is 0 Å². The number of rotatable bonds is 8. The molecule has 6 heteroatoms. The molecule has 26 heavy (non-hydrogen) atoms. The van der Waals surface area contributed by atoms with Gasteiger partial charge in [0, 0.05) is 19.3 Å². The molecular formula is C20H27ClN4O. The maximum Gasteiger partial charge on any atom is 0.191 e. The minimum atomic E-state index is 0.180. The molecule has 5 nitrogen and oxygen atoms in total. The average molecular weight is 375 g/mol. The second kappa shape index (κ2) is 10.7. The van der Waals surface area contributed by atoms with Gasteiger partial charge in [0.25, 0.3) is 0 Å². The first-order valence-corrected chi connectivity index (χ1v) is 9.33. The lowest BCUT2D eigenvalue weighted by molar-refractivity contribution is 0.242. The Balaban J connectivity index is 1.86. The summed E-state index contributed by atoms with van der Waals surface area (Å²) in [4.78, 5) is 8.73. The van der Waals surface area contributed by atoms with Crippen LogP contribution < -0.4 is 15.4 Å². The summed E-state index contributed by atoms with van der Waals surface area (Å²) in [5.41, 5.74) is 2.28. The zero-order valence-electron chi connectivity index (χ0n) is 15.6. The highest BCUT2D eigenvalue weighted by molar-refractivity contribution is 6.29. The lowest BCUT2D eigenvalue weighted by Gasteiger charge is -2.12. The summed E-state index contributed by atoms with van der Waals surface area (Å²) < 4.78 is 5.66. The zero-order chi connectivity index (χ0) is 18.8. The third-order valence-electron chi connectivity index (χ3n) is 3.55. The fourth-order valence-corrected chi connectivity index (χ4v) is 2.45. The Bertz CT molecular complexity index is 684. The number of guanidine groups is 1. The van der Waals surface area contributed by atoms with Gasteiger partial charge in [-0.25, -0.2) is 9.98 Å². The highest BCUT2D eigenvalue weighted by Gasteiger charge is 2.01. The topological polar surface area (TPSA) is 58.5 Å². The van der Waals surface area contributed by atoms with Crippen molar-refractivity contribution in [1.29, 1.82) is 0 Å². The largest absolute Gasteiger partial charge is 0.491 e. The van der Waals surface area contributed by atoms with Crippen LogP contribution in [0.3, 0.4) is 0 Å². The average Bonchev–Trinajstić information content (AvgIpc) is 2.62. The lowest BCUT2D eigenvalue weighted by Crippen LogP contribution is -2.38. The number of hydrogen-bond donors (Lipinski definition) is 2. The third kappa shape index (κ3) is 7.31. The lowest BCUT2D eigenvalue weighted by atomic mass is 10.2. The van der Waals surface area contributed by atoms with Gasteiger partial charge >= 0.3 is 0 Å². The highest BCUT2D eigenvalue weighted by Crippen LogP contribution is 2.14. The van der Waals surface area contributed by atoms with Gasteiger partial charge < -0.3 is 15.4 Å². The zero-order valence-corrected chi connectivity index (χ0v) is 16.4. The molecule has 0 amide bonds. The first-order chi connectivity index (χ1) is 12.6. The van der Waals surface area contributed by atoms with Crippen molar-refractivity contribution in [2.75, 3.05) is 13.1 Å². The van der Waals surface area contributed by atoms with Crippen LogP contribution in [0.25, 0.3) is 0 Å². The Morgan fingerprint density at radius 2 is 1.85 bits per heavy atom. The number of benzene rings is 1. The van der Waals surface area contributed by atoms with E-state index in [1.807, 2.05) is 50.2 Å². The van der Waals surface area contributed by atoms with Crippen LogP contribution in [0.5, 0.6) is 5.75 Å². The van der Waals surface area contributed by atoms with Crippen LogP contribution in [-0.4, -0.2) is 30.1 Å². The molecule has 0 fully saturated rings. The molecule has 0 aliphatic heterocycles. The normalized spacial score (nSPS) is 11.5. The van der Waals surface area contributed by atoms with Crippen molar-refractivity contribution in [2.45, 2.75) is 39.8 Å². The number of nitrogens with one attached hydrogen (secondary N) is 2. The van der Waals surface area contributed by atoms with Crippen LogP contribution in [0.4, 0.5) is 0 Å². The SMILES string of the molecule is CCNC(=NCc1ccc(OC(C)C)cc1)NCCc1ccc(Cl)nc1. The standard InChI is InChI=1S/C20H27ClN4O/c1-4-22-20(23-12-11-17-7-10-19(21)24-13-17)25-14-16-5-8-18(9-6-16)26-15(2)3/h5-10,13,15H,4,11-12,14H2,1-3H3,(H2,22,23,25). The van der Waals surface area contributed by atoms with E-state index in [9.17, 15) is 0 Å². The van der Waals surface area contributed by atoms with Gasteiger partial charge in [-0.05, 0) is 56.5 Å². The second-order valence-corrected chi connectivity index (χ2v) is 6.56. The fraction of sp³-hybridized carbons (Fsp3) is 0.400. The molecule has 0 spiro atoms. The molecule has 0 unspecified atom stereocenters. The van der Waals surface area contributed by atoms with Gasteiger partial charge in [-0.15, -0.1) is 0 Å². The van der Waals surface area contributed by atoms with Crippen LogP contribution in [0.2, 0.25) is 5.15 Å². The predicted molar refractivity (Wildman–Crippen MR) is 108 cm³/mol. The van der Waals surface area contributed by atoms with E-state index in [1.165, 1.54) is 0 Å².